The van der Waals surface area contributed by atoms with Crippen LogP contribution in [0.25, 0.3) is 22.2 Å². The van der Waals surface area contributed by atoms with Crippen LogP contribution >= 0.6 is 0 Å². The maximum atomic E-state index is 13.9. The summed E-state index contributed by atoms with van der Waals surface area (Å²) in [5, 5.41) is 4.95. The fraction of sp³-hybridized carbons (Fsp3) is 0.459. The van der Waals surface area contributed by atoms with Crippen LogP contribution in [0.3, 0.4) is 0 Å². The number of unbranched alkanes of at least 4 members (excludes halogenated alkanes) is 1. The Bertz CT molecular complexity index is 1530. The number of pyridine rings is 1. The highest BCUT2D eigenvalue weighted by molar-refractivity contribution is 5.94. The van der Waals surface area contributed by atoms with Crippen molar-refractivity contribution in [2.24, 2.45) is 5.92 Å². The number of likely N-dealkylation sites (tertiary alicyclic amines) is 1. The molecule has 2 N–H and O–H groups in total. The predicted octanol–water partition coefficient (Wildman–Crippen LogP) is 7.29. The van der Waals surface area contributed by atoms with E-state index in [-0.39, 0.29) is 5.91 Å². The van der Waals surface area contributed by atoms with E-state index in [1.165, 1.54) is 64.6 Å². The lowest BCUT2D eigenvalue weighted by Gasteiger charge is -2.35. The van der Waals surface area contributed by atoms with Gasteiger partial charge in [0.2, 0.25) is 5.91 Å². The van der Waals surface area contributed by atoms with Crippen molar-refractivity contribution in [3.05, 3.63) is 88.7 Å². The minimum Gasteiger partial charge on any atom is -0.354 e. The second kappa shape index (κ2) is 12.0. The number of carbonyl (C=O) groups excluding carboxylic acids is 1. The fourth-order valence-electron chi connectivity index (χ4n) is 7.38. The van der Waals surface area contributed by atoms with E-state index < -0.39 is 5.41 Å². The van der Waals surface area contributed by atoms with E-state index in [1.807, 2.05) is 12.4 Å². The maximum Gasteiger partial charge on any atom is 0.232 e. The lowest BCUT2D eigenvalue weighted by molar-refractivity contribution is -0.138. The molecule has 5 heteroatoms. The number of hydrogen-bond donors (Lipinski definition) is 2. The van der Waals surface area contributed by atoms with Crippen LogP contribution in [0.1, 0.15) is 73.8 Å². The third-order valence-electron chi connectivity index (χ3n) is 9.71. The minimum absolute atomic E-state index is 0.286. The Morgan fingerprint density at radius 1 is 0.976 bits per heavy atom. The van der Waals surface area contributed by atoms with E-state index in [9.17, 15) is 4.79 Å². The number of nitrogens with zero attached hydrogens (tertiary/aromatic N) is 2. The maximum absolute atomic E-state index is 13.9. The molecule has 0 unspecified atom stereocenters. The number of aromatic nitrogens is 2. The summed E-state index contributed by atoms with van der Waals surface area (Å²) in [5.74, 6) is 0.992. The summed E-state index contributed by atoms with van der Waals surface area (Å²) < 4.78 is 0. The molecule has 2 atom stereocenters. The Kier molecular flexibility index (Phi) is 8.22. The third-order valence-corrected chi connectivity index (χ3v) is 9.71. The lowest BCUT2D eigenvalue weighted by atomic mass is 9.82. The topological polar surface area (TPSA) is 61.0 Å². The molecular weight excluding hydrogens is 516 g/mol. The molecule has 6 rings (SSSR count). The molecule has 1 saturated carbocycles. The van der Waals surface area contributed by atoms with Crippen LogP contribution in [-0.4, -0.2) is 46.5 Å². The number of piperidine rings is 1. The summed E-state index contributed by atoms with van der Waals surface area (Å²) in [5.41, 5.74) is 9.38. The highest BCUT2D eigenvalue weighted by atomic mass is 16.2. The lowest BCUT2D eigenvalue weighted by Crippen LogP contribution is -2.47. The Morgan fingerprint density at radius 3 is 2.48 bits per heavy atom. The highest BCUT2D eigenvalue weighted by Gasteiger charge is 2.45. The zero-order valence-electron chi connectivity index (χ0n) is 25.8. The molecule has 2 fully saturated rings. The number of H-pyrrole nitrogens is 1. The van der Waals surface area contributed by atoms with Crippen LogP contribution in [-0.2, 0) is 23.1 Å². The molecule has 4 aromatic rings. The molecular formula is C37H46N4O. The van der Waals surface area contributed by atoms with Crippen LogP contribution in [0, 0.1) is 19.8 Å². The minimum atomic E-state index is -0.555. The van der Waals surface area contributed by atoms with Crippen LogP contribution in [0.15, 0.2) is 60.9 Å². The first-order chi connectivity index (χ1) is 20.3. The molecule has 0 spiro atoms. The number of carbonyl (C=O) groups is 1. The molecule has 5 nitrogen and oxygen atoms in total. The van der Waals surface area contributed by atoms with Crippen LogP contribution in [0.5, 0.6) is 0 Å². The van der Waals surface area contributed by atoms with Gasteiger partial charge in [-0.15, -0.1) is 0 Å². The average Bonchev–Trinajstić information content (AvgIpc) is 3.71. The number of benzene rings is 2. The molecule has 3 heterocycles. The highest BCUT2D eigenvalue weighted by Crippen LogP contribution is 2.41. The fourth-order valence-corrected chi connectivity index (χ4v) is 7.38. The van der Waals surface area contributed by atoms with Crippen molar-refractivity contribution in [1.29, 1.82) is 0 Å². The Labute approximate surface area is 251 Å². The number of aryl methyl sites for hydroxylation is 3. The standard InChI is InChI=1S/C37H46N4O/c1-25-19-26(2)21-29(20-25)35-32(14-18-38-15-6-5-7-27-12-16-39-17-13-27)33-23-30(9-11-34(33)40-35)37(3,4)36(42)41-24-28-8-10-31(41)22-28/h9,11-13,16-17,19-21,23,28,31,38,40H,5-8,10,14-15,18,22,24H2,1-4H3/t28-,31+/m1/s1. The van der Waals surface area contributed by atoms with E-state index in [1.54, 1.807) is 0 Å². The molecule has 2 aromatic carbocycles. The number of rotatable bonds is 11. The molecule has 1 aliphatic heterocycles. The number of fused-ring (bicyclic) bond motifs is 3. The summed E-state index contributed by atoms with van der Waals surface area (Å²) in [6.45, 7) is 11.4. The van der Waals surface area contributed by atoms with Crippen molar-refractivity contribution in [2.75, 3.05) is 19.6 Å². The van der Waals surface area contributed by atoms with Gasteiger partial charge in [0.15, 0.2) is 0 Å². The van der Waals surface area contributed by atoms with Crippen molar-refractivity contribution in [3.8, 4) is 11.3 Å². The van der Waals surface area contributed by atoms with Crippen LogP contribution in [0.2, 0.25) is 0 Å². The average molecular weight is 563 g/mol. The summed E-state index contributed by atoms with van der Waals surface area (Å²) in [6, 6.07) is 18.1. The molecule has 1 saturated heterocycles. The zero-order chi connectivity index (χ0) is 29.3. The molecule has 2 aromatic heterocycles. The molecule has 2 bridgehead atoms. The Balaban J connectivity index is 1.22. The van der Waals surface area contributed by atoms with Crippen molar-refractivity contribution in [2.45, 2.75) is 84.1 Å². The van der Waals surface area contributed by atoms with Crippen molar-refractivity contribution in [1.82, 2.24) is 20.2 Å². The SMILES string of the molecule is Cc1cc(C)cc(-c2[nH]c3ccc(C(C)(C)C(=O)N4C[C@@H]5CC[C@H]4C5)cc3c2CCNCCCCc2ccncc2)c1. The van der Waals surface area contributed by atoms with Gasteiger partial charge in [-0.3, -0.25) is 9.78 Å². The van der Waals surface area contributed by atoms with E-state index in [4.69, 9.17) is 0 Å². The van der Waals surface area contributed by atoms with Gasteiger partial charge >= 0.3 is 0 Å². The van der Waals surface area contributed by atoms with E-state index in [2.05, 4.69) is 96.4 Å². The van der Waals surface area contributed by atoms with Gasteiger partial charge in [0.25, 0.3) is 0 Å². The largest absolute Gasteiger partial charge is 0.354 e. The molecule has 1 aliphatic carbocycles. The van der Waals surface area contributed by atoms with Gasteiger partial charge in [0, 0.05) is 41.6 Å². The molecule has 220 valence electrons. The van der Waals surface area contributed by atoms with Crippen molar-refractivity contribution >= 4 is 16.8 Å². The zero-order valence-corrected chi connectivity index (χ0v) is 25.8. The molecule has 1 amide bonds. The third kappa shape index (κ3) is 5.89. The summed E-state index contributed by atoms with van der Waals surface area (Å²) >= 11 is 0. The summed E-state index contributed by atoms with van der Waals surface area (Å²) in [6.07, 6.45) is 11.7. The van der Waals surface area contributed by atoms with E-state index in [0.29, 0.717) is 12.0 Å². The predicted molar refractivity (Wildman–Crippen MR) is 173 cm³/mol. The molecule has 2 aliphatic rings. The first-order valence-corrected chi connectivity index (χ1v) is 15.9. The summed E-state index contributed by atoms with van der Waals surface area (Å²) in [4.78, 5) is 24.0. The van der Waals surface area contributed by atoms with Crippen molar-refractivity contribution in [3.63, 3.8) is 0 Å². The number of aromatic amines is 1. The van der Waals surface area contributed by atoms with Crippen LogP contribution < -0.4 is 5.32 Å². The number of hydrogen-bond acceptors (Lipinski definition) is 3. The second-order valence-electron chi connectivity index (χ2n) is 13.3. The number of amides is 1. The monoisotopic (exact) mass is 562 g/mol. The van der Waals surface area contributed by atoms with Crippen molar-refractivity contribution < 1.29 is 4.79 Å². The summed E-state index contributed by atoms with van der Waals surface area (Å²) in [7, 11) is 0. The first kappa shape index (κ1) is 28.7. The molecule has 42 heavy (non-hydrogen) atoms. The van der Waals surface area contributed by atoms with Gasteiger partial charge in [0.05, 0.1) is 5.41 Å². The van der Waals surface area contributed by atoms with Gasteiger partial charge in [-0.05, 0) is 150 Å². The van der Waals surface area contributed by atoms with Gasteiger partial charge in [-0.2, -0.15) is 0 Å². The molecule has 0 radical (unpaired) electrons. The van der Waals surface area contributed by atoms with Crippen LogP contribution in [0.4, 0.5) is 0 Å². The van der Waals surface area contributed by atoms with Gasteiger partial charge < -0.3 is 15.2 Å². The quantitative estimate of drug-likeness (QED) is 0.189. The van der Waals surface area contributed by atoms with Gasteiger partial charge in [-0.1, -0.05) is 23.3 Å². The van der Waals surface area contributed by atoms with E-state index in [0.717, 1.165) is 50.0 Å². The Morgan fingerprint density at radius 2 is 1.76 bits per heavy atom. The first-order valence-electron chi connectivity index (χ1n) is 15.9. The van der Waals surface area contributed by atoms with Gasteiger partial charge in [0.1, 0.15) is 0 Å². The van der Waals surface area contributed by atoms with E-state index >= 15 is 0 Å². The second-order valence-corrected chi connectivity index (χ2v) is 13.3. The van der Waals surface area contributed by atoms with Gasteiger partial charge in [-0.25, -0.2) is 0 Å². The number of nitrogens with one attached hydrogen (secondary N) is 2. The normalized spacial score (nSPS) is 18.3. The Hall–Kier alpha value is -3.44. The smallest absolute Gasteiger partial charge is 0.232 e.